The van der Waals surface area contributed by atoms with Gasteiger partial charge in [0.2, 0.25) is 5.89 Å². The van der Waals surface area contributed by atoms with Gasteiger partial charge in [-0.25, -0.2) is 4.98 Å². The van der Waals surface area contributed by atoms with Gasteiger partial charge in [-0.3, -0.25) is 10.1 Å². The third-order valence-corrected chi connectivity index (χ3v) is 7.08. The van der Waals surface area contributed by atoms with E-state index in [1.54, 1.807) is 48.5 Å². The molecule has 0 spiro atoms. The van der Waals surface area contributed by atoms with E-state index in [4.69, 9.17) is 55.9 Å². The minimum Gasteiger partial charge on any atom is -0.451 e. The van der Waals surface area contributed by atoms with E-state index in [-0.39, 0.29) is 10.9 Å². The van der Waals surface area contributed by atoms with E-state index in [9.17, 15) is 4.79 Å². The molecule has 0 unspecified atom stereocenters. The summed E-state index contributed by atoms with van der Waals surface area (Å²) in [6, 6.07) is 25.1. The molecule has 39 heavy (non-hydrogen) atoms. The fraction of sp³-hybridized carbons (Fsp3) is 0. The van der Waals surface area contributed by atoms with Crippen molar-refractivity contribution in [1.82, 2.24) is 10.3 Å². The monoisotopic (exact) mass is 591 g/mol. The molecule has 0 radical (unpaired) electrons. The molecule has 0 aliphatic heterocycles. The number of amides is 1. The minimum atomic E-state index is -0.511. The van der Waals surface area contributed by atoms with Crippen molar-refractivity contribution in [2.24, 2.45) is 0 Å². The first kappa shape index (κ1) is 25.4. The zero-order chi connectivity index (χ0) is 27.1. The lowest BCUT2D eigenvalue weighted by Gasteiger charge is -2.08. The molecular formula is C29H16Cl3N3O3S. The van der Waals surface area contributed by atoms with Crippen LogP contribution in [0.25, 0.3) is 44.7 Å². The minimum absolute atomic E-state index is 0.0759. The Bertz CT molecular complexity index is 1910. The fourth-order valence-electron chi connectivity index (χ4n) is 4.20. The highest BCUT2D eigenvalue weighted by Gasteiger charge is 2.17. The summed E-state index contributed by atoms with van der Waals surface area (Å²) in [6.07, 6.45) is 0. The maximum atomic E-state index is 12.7. The fourth-order valence-corrected chi connectivity index (χ4v) is 5.15. The number of fused-ring (bicyclic) bond motifs is 2. The molecule has 6 rings (SSSR count). The lowest BCUT2D eigenvalue weighted by molar-refractivity contribution is 0.0951. The van der Waals surface area contributed by atoms with Crippen molar-refractivity contribution in [2.75, 3.05) is 5.32 Å². The number of hydrogen-bond donors (Lipinski definition) is 2. The highest BCUT2D eigenvalue weighted by atomic mass is 35.5. The van der Waals surface area contributed by atoms with Crippen molar-refractivity contribution in [3.8, 4) is 22.8 Å². The van der Waals surface area contributed by atoms with Crippen LogP contribution < -0.4 is 10.6 Å². The molecule has 0 fully saturated rings. The molecule has 2 heterocycles. The number of benzene rings is 4. The second-order valence-corrected chi connectivity index (χ2v) is 10.2. The topological polar surface area (TPSA) is 80.3 Å². The van der Waals surface area contributed by atoms with E-state index < -0.39 is 5.91 Å². The Morgan fingerprint density at radius 3 is 2.46 bits per heavy atom. The Hall–Kier alpha value is -3.88. The molecule has 192 valence electrons. The van der Waals surface area contributed by atoms with Crippen LogP contribution >= 0.6 is 47.0 Å². The highest BCUT2D eigenvalue weighted by Crippen LogP contribution is 2.34. The molecule has 0 saturated heterocycles. The average Bonchev–Trinajstić information content (AvgIpc) is 3.56. The Labute approximate surface area is 242 Å². The molecule has 10 heteroatoms. The van der Waals surface area contributed by atoms with Gasteiger partial charge < -0.3 is 14.2 Å². The number of nitrogens with one attached hydrogen (secondary N) is 2. The van der Waals surface area contributed by atoms with Crippen LogP contribution in [-0.4, -0.2) is 16.0 Å². The van der Waals surface area contributed by atoms with Gasteiger partial charge in [0.25, 0.3) is 5.91 Å². The molecule has 0 atom stereocenters. The molecule has 0 aliphatic carbocycles. The van der Waals surface area contributed by atoms with Gasteiger partial charge in [-0.05, 0) is 78.3 Å². The molecule has 4 aromatic carbocycles. The van der Waals surface area contributed by atoms with Crippen molar-refractivity contribution >= 4 is 85.6 Å². The maximum Gasteiger partial charge on any atom is 0.293 e. The Balaban J connectivity index is 1.18. The Kier molecular flexibility index (Phi) is 6.74. The third kappa shape index (κ3) is 5.10. The van der Waals surface area contributed by atoms with Crippen LogP contribution in [0.5, 0.6) is 0 Å². The Morgan fingerprint density at radius 1 is 0.795 bits per heavy atom. The van der Waals surface area contributed by atoms with Crippen LogP contribution in [0.3, 0.4) is 0 Å². The number of halogens is 3. The van der Waals surface area contributed by atoms with Crippen LogP contribution in [0.15, 0.2) is 93.8 Å². The number of carbonyl (C=O) groups is 1. The molecule has 6 nitrogen and oxygen atoms in total. The van der Waals surface area contributed by atoms with Gasteiger partial charge in [0.15, 0.2) is 16.5 Å². The number of carbonyl (C=O) groups excluding carboxylic acids is 1. The van der Waals surface area contributed by atoms with Crippen molar-refractivity contribution < 1.29 is 13.6 Å². The van der Waals surface area contributed by atoms with Gasteiger partial charge in [-0.15, -0.1) is 0 Å². The average molecular weight is 593 g/mol. The lowest BCUT2D eigenvalue weighted by atomic mass is 10.0. The molecule has 2 N–H and O–H groups in total. The normalized spacial score (nSPS) is 11.2. The number of rotatable bonds is 4. The van der Waals surface area contributed by atoms with Crippen LogP contribution in [0.2, 0.25) is 15.1 Å². The van der Waals surface area contributed by atoms with Crippen LogP contribution in [0, 0.1) is 0 Å². The number of oxazole rings is 1. The number of thiocarbonyl (C=S) groups is 1. The van der Waals surface area contributed by atoms with Gasteiger partial charge in [0.05, 0.1) is 5.02 Å². The quantitative estimate of drug-likeness (QED) is 0.199. The maximum absolute atomic E-state index is 12.7. The number of hydrogen-bond acceptors (Lipinski definition) is 5. The number of furan rings is 1. The molecule has 0 saturated carbocycles. The highest BCUT2D eigenvalue weighted by molar-refractivity contribution is 7.80. The molecule has 0 bridgehead atoms. The summed E-state index contributed by atoms with van der Waals surface area (Å²) < 4.78 is 11.7. The zero-order valence-electron chi connectivity index (χ0n) is 19.8. The van der Waals surface area contributed by atoms with Crippen LogP contribution in [0.1, 0.15) is 10.6 Å². The summed E-state index contributed by atoms with van der Waals surface area (Å²) in [4.78, 5) is 17.4. The molecule has 1 amide bonds. The summed E-state index contributed by atoms with van der Waals surface area (Å²) in [5.41, 5.74) is 3.31. The van der Waals surface area contributed by atoms with E-state index in [1.165, 1.54) is 0 Å². The molecule has 2 aromatic heterocycles. The van der Waals surface area contributed by atoms with Crippen LogP contribution in [0.4, 0.5) is 5.69 Å². The molecular weight excluding hydrogens is 577 g/mol. The van der Waals surface area contributed by atoms with E-state index in [0.717, 1.165) is 16.3 Å². The van der Waals surface area contributed by atoms with E-state index in [1.807, 2.05) is 36.4 Å². The van der Waals surface area contributed by atoms with Gasteiger partial charge in [-0.2, -0.15) is 0 Å². The first-order chi connectivity index (χ1) is 18.9. The second-order valence-electron chi connectivity index (χ2n) is 8.54. The van der Waals surface area contributed by atoms with Gasteiger partial charge in [0.1, 0.15) is 11.3 Å². The molecule has 6 aromatic rings. The standard InChI is InChI=1S/C29H16Cl3N3O3S/c30-15-7-9-20(22(32)13-15)24-11-12-26(37-24)27(36)35-29(39)33-16-8-10-25-23(14-16)34-28(38-25)19-5-1-4-18-17(19)3-2-6-21(18)31/h1-14H,(H2,33,35,36,39). The zero-order valence-corrected chi connectivity index (χ0v) is 22.9. The summed E-state index contributed by atoms with van der Waals surface area (Å²) in [6.45, 7) is 0. The summed E-state index contributed by atoms with van der Waals surface area (Å²) in [5.74, 6) is 0.469. The number of nitrogens with zero attached hydrogens (tertiary/aromatic N) is 1. The first-order valence-electron chi connectivity index (χ1n) is 11.6. The summed E-state index contributed by atoms with van der Waals surface area (Å²) in [5, 5.41) is 9.14. The lowest BCUT2D eigenvalue weighted by Crippen LogP contribution is -2.33. The van der Waals surface area contributed by atoms with Gasteiger partial charge in [0, 0.05) is 32.2 Å². The Morgan fingerprint density at radius 2 is 1.62 bits per heavy atom. The first-order valence-corrected chi connectivity index (χ1v) is 13.2. The third-order valence-electron chi connectivity index (χ3n) is 6.00. The smallest absolute Gasteiger partial charge is 0.293 e. The number of anilines is 1. The van der Waals surface area contributed by atoms with Gasteiger partial charge >= 0.3 is 0 Å². The summed E-state index contributed by atoms with van der Waals surface area (Å²) in [7, 11) is 0. The second kappa shape index (κ2) is 10.4. The van der Waals surface area contributed by atoms with Crippen molar-refractivity contribution in [3.63, 3.8) is 0 Å². The SMILES string of the molecule is O=C(NC(=S)Nc1ccc2oc(-c3cccc4c(Cl)cccc34)nc2c1)c1ccc(-c2ccc(Cl)cc2Cl)o1. The van der Waals surface area contributed by atoms with Crippen molar-refractivity contribution in [1.29, 1.82) is 0 Å². The van der Waals surface area contributed by atoms with Crippen molar-refractivity contribution in [2.45, 2.75) is 0 Å². The van der Waals surface area contributed by atoms with E-state index in [0.29, 0.717) is 49.1 Å². The predicted octanol–water partition coefficient (Wildman–Crippen LogP) is 8.99. The van der Waals surface area contributed by atoms with Crippen LogP contribution in [-0.2, 0) is 0 Å². The largest absolute Gasteiger partial charge is 0.451 e. The predicted molar refractivity (Wildman–Crippen MR) is 160 cm³/mol. The van der Waals surface area contributed by atoms with Crippen molar-refractivity contribution in [3.05, 3.63) is 106 Å². The summed E-state index contributed by atoms with van der Waals surface area (Å²) >= 11 is 23.9. The van der Waals surface area contributed by atoms with E-state index in [2.05, 4.69) is 15.6 Å². The van der Waals surface area contributed by atoms with Gasteiger partial charge in [-0.1, -0.05) is 59.1 Å². The number of aromatic nitrogens is 1. The van der Waals surface area contributed by atoms with E-state index >= 15 is 0 Å². The molecule has 0 aliphatic rings.